The van der Waals surface area contributed by atoms with E-state index in [0.717, 1.165) is 0 Å². The first-order chi connectivity index (χ1) is 14.5. The molecule has 0 amide bonds. The van der Waals surface area contributed by atoms with Gasteiger partial charge in [-0.3, -0.25) is 4.99 Å². The maximum atomic E-state index is 12.3. The molecule has 0 heterocycles. The van der Waals surface area contributed by atoms with Crippen molar-refractivity contribution in [2.24, 2.45) is 4.99 Å². The Morgan fingerprint density at radius 3 is 2.43 bits per heavy atom. The van der Waals surface area contributed by atoms with Crippen LogP contribution in [-0.4, -0.2) is 29.9 Å². The van der Waals surface area contributed by atoms with Crippen molar-refractivity contribution in [3.05, 3.63) is 87.9 Å². The Labute approximate surface area is 181 Å². The number of phenolic OH excluding ortho intramolecular Hbond substituents is 1. The average Bonchev–Trinajstić information content (AvgIpc) is 2.74. The molecule has 3 aromatic carbocycles. The van der Waals surface area contributed by atoms with Crippen LogP contribution in [0.5, 0.6) is 11.5 Å². The maximum Gasteiger partial charge on any atom is 0.344 e. The van der Waals surface area contributed by atoms with E-state index in [-0.39, 0.29) is 11.5 Å². The number of rotatable bonds is 6. The molecule has 0 aliphatic rings. The smallest absolute Gasteiger partial charge is 0.344 e. The lowest BCUT2D eigenvalue weighted by molar-refractivity contribution is 0.0526. The molecule has 0 saturated carbocycles. The summed E-state index contributed by atoms with van der Waals surface area (Å²) in [4.78, 5) is 28.2. The molecule has 0 aliphatic heterocycles. The van der Waals surface area contributed by atoms with Crippen molar-refractivity contribution in [1.82, 2.24) is 0 Å². The van der Waals surface area contributed by atoms with Crippen LogP contribution in [0.4, 0.5) is 5.69 Å². The van der Waals surface area contributed by atoms with Crippen molar-refractivity contribution in [3.63, 3.8) is 0 Å². The SMILES string of the molecule is CCOC(=O)c1ccc(N=Cc2ccc(OC(=O)c3ccccc3Br)cc2O)cc1. The summed E-state index contributed by atoms with van der Waals surface area (Å²) in [6, 6.07) is 18.0. The van der Waals surface area contributed by atoms with Gasteiger partial charge in [-0.05, 0) is 71.4 Å². The Bertz CT molecular complexity index is 1090. The minimum atomic E-state index is -0.537. The summed E-state index contributed by atoms with van der Waals surface area (Å²) in [6.45, 7) is 2.06. The number of phenols is 1. The van der Waals surface area contributed by atoms with Gasteiger partial charge >= 0.3 is 11.9 Å². The molecule has 0 spiro atoms. The first-order valence-electron chi connectivity index (χ1n) is 9.09. The molecule has 152 valence electrons. The lowest BCUT2D eigenvalue weighted by atomic mass is 10.2. The zero-order chi connectivity index (χ0) is 21.5. The topological polar surface area (TPSA) is 85.2 Å². The Morgan fingerprint density at radius 1 is 1.03 bits per heavy atom. The molecule has 0 saturated heterocycles. The van der Waals surface area contributed by atoms with Gasteiger partial charge in [0.05, 0.1) is 23.4 Å². The largest absolute Gasteiger partial charge is 0.507 e. The first kappa shape index (κ1) is 21.3. The van der Waals surface area contributed by atoms with Crippen molar-refractivity contribution >= 4 is 39.8 Å². The maximum absolute atomic E-state index is 12.3. The molecular formula is C23H18BrNO5. The van der Waals surface area contributed by atoms with Crippen LogP contribution in [-0.2, 0) is 4.74 Å². The van der Waals surface area contributed by atoms with Gasteiger partial charge in [-0.1, -0.05) is 12.1 Å². The van der Waals surface area contributed by atoms with Gasteiger partial charge < -0.3 is 14.6 Å². The van der Waals surface area contributed by atoms with E-state index in [0.29, 0.717) is 33.5 Å². The summed E-state index contributed by atoms with van der Waals surface area (Å²) < 4.78 is 10.9. The lowest BCUT2D eigenvalue weighted by Gasteiger charge is -2.07. The fourth-order valence-electron chi connectivity index (χ4n) is 2.53. The van der Waals surface area contributed by atoms with E-state index in [1.165, 1.54) is 12.3 Å². The minimum Gasteiger partial charge on any atom is -0.507 e. The third-order valence-electron chi connectivity index (χ3n) is 4.04. The number of carbonyl (C=O) groups excluding carboxylic acids is 2. The molecule has 0 fully saturated rings. The van der Waals surface area contributed by atoms with E-state index in [1.807, 2.05) is 0 Å². The van der Waals surface area contributed by atoms with Crippen LogP contribution in [0.25, 0.3) is 0 Å². The number of aromatic hydroxyl groups is 1. The third-order valence-corrected chi connectivity index (χ3v) is 4.73. The normalized spacial score (nSPS) is 10.7. The van der Waals surface area contributed by atoms with E-state index >= 15 is 0 Å². The fourth-order valence-corrected chi connectivity index (χ4v) is 2.97. The summed E-state index contributed by atoms with van der Waals surface area (Å²) >= 11 is 3.31. The molecule has 0 atom stereocenters. The standard InChI is InChI=1S/C23H18BrNO5/c1-2-29-22(27)15-7-10-17(11-8-15)25-14-16-9-12-18(13-21(16)26)30-23(28)19-5-3-4-6-20(19)24/h3-14,26H,2H2,1H3. The highest BCUT2D eigenvalue weighted by atomic mass is 79.9. The monoisotopic (exact) mass is 467 g/mol. The van der Waals surface area contributed by atoms with E-state index in [9.17, 15) is 14.7 Å². The zero-order valence-corrected chi connectivity index (χ0v) is 17.6. The van der Waals surface area contributed by atoms with Crippen LogP contribution in [0.15, 0.2) is 76.2 Å². The lowest BCUT2D eigenvalue weighted by Crippen LogP contribution is -2.09. The molecule has 0 aromatic heterocycles. The van der Waals surface area contributed by atoms with Crippen molar-refractivity contribution in [1.29, 1.82) is 0 Å². The molecule has 0 unspecified atom stereocenters. The molecule has 0 radical (unpaired) electrons. The van der Waals surface area contributed by atoms with E-state index in [2.05, 4.69) is 20.9 Å². The van der Waals surface area contributed by atoms with Gasteiger partial charge in [-0.15, -0.1) is 0 Å². The molecule has 1 N–H and O–H groups in total. The second-order valence-electron chi connectivity index (χ2n) is 6.12. The molecule has 3 rings (SSSR count). The molecule has 0 aliphatic carbocycles. The van der Waals surface area contributed by atoms with E-state index < -0.39 is 11.9 Å². The van der Waals surface area contributed by atoms with Crippen molar-refractivity contribution in [2.75, 3.05) is 6.61 Å². The second kappa shape index (κ2) is 9.84. The quantitative estimate of drug-likeness (QED) is 0.302. The number of ether oxygens (including phenoxy) is 2. The summed E-state index contributed by atoms with van der Waals surface area (Å²) in [5.41, 5.74) is 1.88. The van der Waals surface area contributed by atoms with Gasteiger partial charge in [0.25, 0.3) is 0 Å². The molecule has 7 heteroatoms. The number of hydrogen-bond acceptors (Lipinski definition) is 6. The fraction of sp³-hybridized carbons (Fsp3) is 0.0870. The molecular weight excluding hydrogens is 450 g/mol. The van der Waals surface area contributed by atoms with Crippen LogP contribution in [0, 0.1) is 0 Å². The highest BCUT2D eigenvalue weighted by Gasteiger charge is 2.13. The van der Waals surface area contributed by atoms with Crippen LogP contribution in [0.2, 0.25) is 0 Å². The Hall–Kier alpha value is -3.45. The van der Waals surface area contributed by atoms with E-state index in [1.54, 1.807) is 67.6 Å². The number of esters is 2. The van der Waals surface area contributed by atoms with Gasteiger partial charge in [0.15, 0.2) is 0 Å². The Balaban J connectivity index is 1.69. The van der Waals surface area contributed by atoms with Gasteiger partial charge in [0.1, 0.15) is 11.5 Å². The zero-order valence-electron chi connectivity index (χ0n) is 16.0. The number of aliphatic imine (C=N–C) groups is 1. The number of halogens is 1. The van der Waals surface area contributed by atoms with Crippen molar-refractivity contribution in [2.45, 2.75) is 6.92 Å². The van der Waals surface area contributed by atoms with Crippen LogP contribution >= 0.6 is 15.9 Å². The van der Waals surface area contributed by atoms with Gasteiger partial charge in [0.2, 0.25) is 0 Å². The number of benzene rings is 3. The summed E-state index contributed by atoms with van der Waals surface area (Å²) in [6.07, 6.45) is 1.48. The van der Waals surface area contributed by atoms with Gasteiger partial charge in [-0.2, -0.15) is 0 Å². The summed E-state index contributed by atoms with van der Waals surface area (Å²) in [7, 11) is 0. The molecule has 0 bridgehead atoms. The number of carbonyl (C=O) groups is 2. The Kier molecular flexibility index (Phi) is 6.98. The second-order valence-corrected chi connectivity index (χ2v) is 6.97. The average molecular weight is 468 g/mol. The summed E-state index contributed by atoms with van der Waals surface area (Å²) in [5.74, 6) is -0.799. The highest BCUT2D eigenvalue weighted by Crippen LogP contribution is 2.25. The van der Waals surface area contributed by atoms with Crippen LogP contribution in [0.1, 0.15) is 33.2 Å². The van der Waals surface area contributed by atoms with Crippen molar-refractivity contribution in [3.8, 4) is 11.5 Å². The minimum absolute atomic E-state index is 0.0840. The predicted octanol–water partition coefficient (Wildman–Crippen LogP) is 5.30. The van der Waals surface area contributed by atoms with Gasteiger partial charge in [0, 0.05) is 22.3 Å². The highest BCUT2D eigenvalue weighted by molar-refractivity contribution is 9.10. The Morgan fingerprint density at radius 2 is 1.77 bits per heavy atom. The van der Waals surface area contributed by atoms with Crippen LogP contribution < -0.4 is 4.74 Å². The number of nitrogens with zero attached hydrogens (tertiary/aromatic N) is 1. The third kappa shape index (κ3) is 5.33. The molecule has 30 heavy (non-hydrogen) atoms. The number of hydrogen-bond donors (Lipinski definition) is 1. The molecule has 3 aromatic rings. The van der Waals surface area contributed by atoms with Crippen LogP contribution in [0.3, 0.4) is 0 Å². The summed E-state index contributed by atoms with van der Waals surface area (Å²) in [5, 5.41) is 10.2. The predicted molar refractivity (Wildman–Crippen MR) is 117 cm³/mol. The van der Waals surface area contributed by atoms with E-state index in [4.69, 9.17) is 9.47 Å². The van der Waals surface area contributed by atoms with Gasteiger partial charge in [-0.25, -0.2) is 9.59 Å². The first-order valence-corrected chi connectivity index (χ1v) is 9.88. The van der Waals surface area contributed by atoms with Crippen molar-refractivity contribution < 1.29 is 24.2 Å². The molecule has 6 nitrogen and oxygen atoms in total.